The number of halogens is 1. The number of hydrogen-bond acceptors (Lipinski definition) is 6. The third-order valence-corrected chi connectivity index (χ3v) is 10.8. The van der Waals surface area contributed by atoms with Crippen molar-refractivity contribution in [1.82, 2.24) is 10.2 Å². The molecule has 1 aliphatic carbocycles. The SMILES string of the molecule is COc1ccc(OC)c(N(CC(=O)N(Cc2ccc(Cl)cc2)[C@H](Cc2ccccc2)C(=O)NC2CCCCC2)S(=O)(=O)c2ccccc2)c1. The third-order valence-electron chi connectivity index (χ3n) is 8.75. The van der Waals surface area contributed by atoms with Crippen LogP contribution in [0.1, 0.15) is 43.2 Å². The molecule has 1 N–H and O–H groups in total. The van der Waals surface area contributed by atoms with Crippen molar-refractivity contribution in [2.45, 2.75) is 62.0 Å². The number of amides is 2. The van der Waals surface area contributed by atoms with Gasteiger partial charge in [-0.3, -0.25) is 13.9 Å². The normalized spacial score (nSPS) is 14.0. The molecular weight excluding hydrogens is 662 g/mol. The van der Waals surface area contributed by atoms with Crippen LogP contribution >= 0.6 is 11.6 Å². The lowest BCUT2D eigenvalue weighted by atomic mass is 9.94. The van der Waals surface area contributed by atoms with Crippen LogP contribution < -0.4 is 19.1 Å². The van der Waals surface area contributed by atoms with Crippen LogP contribution in [-0.4, -0.2) is 58.0 Å². The molecule has 258 valence electrons. The molecule has 0 aromatic heterocycles. The predicted octanol–water partition coefficient (Wildman–Crippen LogP) is 6.64. The highest BCUT2D eigenvalue weighted by molar-refractivity contribution is 7.92. The summed E-state index contributed by atoms with van der Waals surface area (Å²) in [6, 6.07) is 28.3. The molecular formula is C38H42ClN3O6S. The summed E-state index contributed by atoms with van der Waals surface area (Å²) in [5.41, 5.74) is 1.72. The summed E-state index contributed by atoms with van der Waals surface area (Å²) < 4.78 is 40.8. The minimum atomic E-state index is -4.31. The van der Waals surface area contributed by atoms with Gasteiger partial charge in [0.1, 0.15) is 24.1 Å². The standard InChI is InChI=1S/C38H42ClN3O6S/c1-47-32-22-23-36(48-2)34(25-32)42(49(45,46)33-16-10-5-11-17-33)27-37(43)41(26-29-18-20-30(39)21-19-29)35(24-28-12-6-3-7-13-28)38(44)40-31-14-8-4-9-15-31/h3,5-7,10-13,16-23,25,31,35H,4,8-9,14-15,24,26-27H2,1-2H3,(H,40,44)/t35-/m1/s1. The van der Waals surface area contributed by atoms with Crippen LogP contribution in [0.5, 0.6) is 11.5 Å². The van der Waals surface area contributed by atoms with E-state index in [2.05, 4.69) is 5.32 Å². The highest BCUT2D eigenvalue weighted by Crippen LogP contribution is 2.36. The van der Waals surface area contributed by atoms with Gasteiger partial charge in [0, 0.05) is 30.1 Å². The van der Waals surface area contributed by atoms with Gasteiger partial charge in [0.25, 0.3) is 10.0 Å². The lowest BCUT2D eigenvalue weighted by Crippen LogP contribution is -2.55. The number of nitrogens with one attached hydrogen (secondary N) is 1. The summed E-state index contributed by atoms with van der Waals surface area (Å²) in [7, 11) is -1.41. The first-order chi connectivity index (χ1) is 23.7. The average molecular weight is 704 g/mol. The topological polar surface area (TPSA) is 105 Å². The van der Waals surface area contributed by atoms with Crippen LogP contribution in [0.2, 0.25) is 5.02 Å². The molecule has 0 aliphatic heterocycles. The van der Waals surface area contributed by atoms with Crippen molar-refractivity contribution in [3.63, 3.8) is 0 Å². The molecule has 5 rings (SSSR count). The van der Waals surface area contributed by atoms with Crippen molar-refractivity contribution in [2.75, 3.05) is 25.1 Å². The zero-order valence-corrected chi connectivity index (χ0v) is 29.3. The minimum Gasteiger partial charge on any atom is -0.497 e. The maximum Gasteiger partial charge on any atom is 0.264 e. The number of nitrogens with zero attached hydrogens (tertiary/aromatic N) is 2. The molecule has 11 heteroatoms. The van der Waals surface area contributed by atoms with Crippen LogP contribution in [0.3, 0.4) is 0 Å². The van der Waals surface area contributed by atoms with Gasteiger partial charge in [0.05, 0.1) is 24.8 Å². The monoisotopic (exact) mass is 703 g/mol. The molecule has 0 heterocycles. The first-order valence-electron chi connectivity index (χ1n) is 16.4. The molecule has 4 aromatic carbocycles. The summed E-state index contributed by atoms with van der Waals surface area (Å²) in [6.45, 7) is -0.573. The summed E-state index contributed by atoms with van der Waals surface area (Å²) >= 11 is 6.20. The minimum absolute atomic E-state index is 0.00279. The van der Waals surface area contributed by atoms with Gasteiger partial charge in [0.2, 0.25) is 11.8 Å². The molecule has 1 atom stereocenters. The Bertz CT molecular complexity index is 1800. The van der Waals surface area contributed by atoms with Crippen LogP contribution in [0, 0.1) is 0 Å². The quantitative estimate of drug-likeness (QED) is 0.158. The van der Waals surface area contributed by atoms with E-state index in [1.807, 2.05) is 30.3 Å². The maximum absolute atomic E-state index is 14.8. The molecule has 0 radical (unpaired) electrons. The van der Waals surface area contributed by atoms with Crippen LogP contribution in [0.15, 0.2) is 108 Å². The van der Waals surface area contributed by atoms with E-state index < -0.39 is 28.5 Å². The molecule has 0 saturated heterocycles. The molecule has 2 amide bonds. The molecule has 4 aromatic rings. The van der Waals surface area contributed by atoms with Gasteiger partial charge >= 0.3 is 0 Å². The molecule has 49 heavy (non-hydrogen) atoms. The summed E-state index contributed by atoms with van der Waals surface area (Å²) in [6.07, 6.45) is 5.14. The van der Waals surface area contributed by atoms with E-state index in [1.54, 1.807) is 54.6 Å². The van der Waals surface area contributed by atoms with Crippen molar-refractivity contribution in [3.8, 4) is 11.5 Å². The molecule has 9 nitrogen and oxygen atoms in total. The maximum atomic E-state index is 14.8. The Morgan fingerprint density at radius 1 is 0.837 bits per heavy atom. The van der Waals surface area contributed by atoms with Gasteiger partial charge < -0.3 is 19.7 Å². The van der Waals surface area contributed by atoms with Gasteiger partial charge in [-0.2, -0.15) is 0 Å². The number of sulfonamides is 1. The van der Waals surface area contributed by atoms with Crippen LogP contribution in [0.4, 0.5) is 5.69 Å². The number of methoxy groups -OCH3 is 2. The van der Waals surface area contributed by atoms with Crippen molar-refractivity contribution >= 4 is 39.1 Å². The van der Waals surface area contributed by atoms with Crippen LogP contribution in [-0.2, 0) is 32.6 Å². The van der Waals surface area contributed by atoms with E-state index in [0.717, 1.165) is 47.5 Å². The highest BCUT2D eigenvalue weighted by atomic mass is 35.5. The van der Waals surface area contributed by atoms with Crippen LogP contribution in [0.25, 0.3) is 0 Å². The van der Waals surface area contributed by atoms with Gasteiger partial charge in [-0.05, 0) is 60.4 Å². The number of rotatable bonds is 14. The molecule has 1 fully saturated rings. The predicted molar refractivity (Wildman–Crippen MR) is 191 cm³/mol. The number of carbonyl (C=O) groups excluding carboxylic acids is 2. The summed E-state index contributed by atoms with van der Waals surface area (Å²) in [4.78, 5) is 30.5. The fourth-order valence-electron chi connectivity index (χ4n) is 6.11. The number of carbonyl (C=O) groups is 2. The number of benzene rings is 4. The van der Waals surface area contributed by atoms with Gasteiger partial charge in [0.15, 0.2) is 0 Å². The van der Waals surface area contributed by atoms with E-state index in [0.29, 0.717) is 10.8 Å². The zero-order chi connectivity index (χ0) is 34.8. The Kier molecular flexibility index (Phi) is 12.2. The van der Waals surface area contributed by atoms with Crippen molar-refractivity contribution in [1.29, 1.82) is 0 Å². The summed E-state index contributed by atoms with van der Waals surface area (Å²) in [5, 5.41) is 3.75. The van der Waals surface area contributed by atoms with Gasteiger partial charge in [-0.25, -0.2) is 8.42 Å². The molecule has 0 spiro atoms. The fourth-order valence-corrected chi connectivity index (χ4v) is 7.67. The molecule has 1 aliphatic rings. The average Bonchev–Trinajstić information content (AvgIpc) is 3.13. The first kappa shape index (κ1) is 35.8. The van der Waals surface area contributed by atoms with E-state index in [9.17, 15) is 18.0 Å². The second-order valence-electron chi connectivity index (χ2n) is 12.1. The lowest BCUT2D eigenvalue weighted by molar-refractivity contribution is -0.140. The Balaban J connectivity index is 1.60. The highest BCUT2D eigenvalue weighted by Gasteiger charge is 2.36. The van der Waals surface area contributed by atoms with Crippen molar-refractivity contribution in [3.05, 3.63) is 119 Å². The summed E-state index contributed by atoms with van der Waals surface area (Å²) in [5.74, 6) is -0.245. The van der Waals surface area contributed by atoms with Gasteiger partial charge in [-0.1, -0.05) is 91.5 Å². The third kappa shape index (κ3) is 9.13. The Morgan fingerprint density at radius 2 is 1.49 bits per heavy atom. The molecule has 0 bridgehead atoms. The molecule has 0 unspecified atom stereocenters. The Labute approximate surface area is 293 Å². The lowest BCUT2D eigenvalue weighted by Gasteiger charge is -2.35. The number of hydrogen-bond donors (Lipinski definition) is 1. The van der Waals surface area contributed by atoms with Gasteiger partial charge in [-0.15, -0.1) is 0 Å². The zero-order valence-electron chi connectivity index (χ0n) is 27.8. The first-order valence-corrected chi connectivity index (χ1v) is 18.2. The largest absolute Gasteiger partial charge is 0.497 e. The second kappa shape index (κ2) is 16.7. The van der Waals surface area contributed by atoms with Crippen molar-refractivity contribution < 1.29 is 27.5 Å². The van der Waals surface area contributed by atoms with Crippen molar-refractivity contribution in [2.24, 2.45) is 0 Å². The molecule has 1 saturated carbocycles. The van der Waals surface area contributed by atoms with E-state index in [4.69, 9.17) is 21.1 Å². The van der Waals surface area contributed by atoms with E-state index >= 15 is 0 Å². The number of ether oxygens (including phenoxy) is 2. The Morgan fingerprint density at radius 3 is 2.12 bits per heavy atom. The van der Waals surface area contributed by atoms with E-state index in [1.165, 1.54) is 37.3 Å². The second-order valence-corrected chi connectivity index (χ2v) is 14.4. The Hall–Kier alpha value is -4.54. The van der Waals surface area contributed by atoms with E-state index in [-0.39, 0.29) is 41.2 Å². The smallest absolute Gasteiger partial charge is 0.264 e. The number of anilines is 1. The fraction of sp³-hybridized carbons (Fsp3) is 0.316.